The molecule has 0 amide bonds. The van der Waals surface area contributed by atoms with Crippen LogP contribution in [-0.4, -0.2) is 23.5 Å². The molecule has 1 unspecified atom stereocenters. The summed E-state index contributed by atoms with van der Waals surface area (Å²) in [5.41, 5.74) is 0. The summed E-state index contributed by atoms with van der Waals surface area (Å²) < 4.78 is 0. The van der Waals surface area contributed by atoms with Crippen LogP contribution in [0.2, 0.25) is 0 Å². The van der Waals surface area contributed by atoms with E-state index in [-0.39, 0.29) is 0 Å². The number of nitrogens with zero attached hydrogens (tertiary/aromatic N) is 1. The van der Waals surface area contributed by atoms with Gasteiger partial charge in [-0.15, -0.1) is 0 Å². The lowest BCUT2D eigenvalue weighted by Gasteiger charge is -2.32. The summed E-state index contributed by atoms with van der Waals surface area (Å²) in [7, 11) is 0. The molecule has 0 aliphatic heterocycles. The zero-order valence-electron chi connectivity index (χ0n) is 16.5. The van der Waals surface area contributed by atoms with Crippen LogP contribution in [0.5, 0.6) is 0 Å². The first-order chi connectivity index (χ1) is 10.6. The molecule has 0 bridgehead atoms. The predicted molar refractivity (Wildman–Crippen MR) is 103 cm³/mol. The predicted octanol–water partition coefficient (Wildman–Crippen LogP) is 7.20. The van der Waals surface area contributed by atoms with Crippen molar-refractivity contribution in [3.8, 4) is 0 Å². The van der Waals surface area contributed by atoms with Gasteiger partial charge in [-0.1, -0.05) is 84.5 Å². The standard InChI is InChI=1S/C21H45N/c1-6-8-9-10-11-12-13-14-15-16-17-18-19-22(20(3)4)21(5)7-2/h20-21H,6-19H2,1-5H3. The van der Waals surface area contributed by atoms with E-state index >= 15 is 0 Å². The van der Waals surface area contributed by atoms with Crippen LogP contribution >= 0.6 is 0 Å². The lowest BCUT2D eigenvalue weighted by atomic mass is 10.0. The van der Waals surface area contributed by atoms with Gasteiger partial charge >= 0.3 is 0 Å². The Morgan fingerprint density at radius 1 is 0.591 bits per heavy atom. The molecule has 0 fully saturated rings. The van der Waals surface area contributed by atoms with Gasteiger partial charge in [0.1, 0.15) is 0 Å². The first-order valence-electron chi connectivity index (χ1n) is 10.4. The highest BCUT2D eigenvalue weighted by Crippen LogP contribution is 2.14. The number of rotatable bonds is 16. The maximum absolute atomic E-state index is 2.68. The van der Waals surface area contributed by atoms with E-state index in [4.69, 9.17) is 0 Å². The van der Waals surface area contributed by atoms with Gasteiger partial charge in [0.05, 0.1) is 0 Å². The molecule has 0 radical (unpaired) electrons. The van der Waals surface area contributed by atoms with Crippen LogP contribution < -0.4 is 0 Å². The summed E-state index contributed by atoms with van der Waals surface area (Å²) in [6, 6.07) is 1.44. The molecule has 0 saturated heterocycles. The van der Waals surface area contributed by atoms with Crippen LogP contribution in [0.25, 0.3) is 0 Å². The molecule has 0 rings (SSSR count). The topological polar surface area (TPSA) is 3.24 Å². The first kappa shape index (κ1) is 22.0. The van der Waals surface area contributed by atoms with Crippen molar-refractivity contribution in [2.45, 2.75) is 130 Å². The zero-order valence-corrected chi connectivity index (χ0v) is 16.5. The molecule has 0 aliphatic carbocycles. The molecule has 0 N–H and O–H groups in total. The lowest BCUT2D eigenvalue weighted by Crippen LogP contribution is -2.39. The molecule has 0 spiro atoms. The monoisotopic (exact) mass is 311 g/mol. The third-order valence-corrected chi connectivity index (χ3v) is 5.09. The normalized spacial score (nSPS) is 13.2. The zero-order chi connectivity index (χ0) is 16.6. The van der Waals surface area contributed by atoms with Crippen molar-refractivity contribution in [3.05, 3.63) is 0 Å². The smallest absolute Gasteiger partial charge is 0.00670 e. The average molecular weight is 312 g/mol. The Bertz CT molecular complexity index is 212. The van der Waals surface area contributed by atoms with Crippen LogP contribution in [0.15, 0.2) is 0 Å². The van der Waals surface area contributed by atoms with Crippen molar-refractivity contribution in [3.63, 3.8) is 0 Å². The molecule has 1 heteroatoms. The molecule has 0 saturated carbocycles. The number of unbranched alkanes of at least 4 members (excludes halogenated alkanes) is 11. The van der Waals surface area contributed by atoms with Crippen LogP contribution in [0.3, 0.4) is 0 Å². The van der Waals surface area contributed by atoms with Crippen LogP contribution in [0.1, 0.15) is 118 Å². The van der Waals surface area contributed by atoms with Crippen molar-refractivity contribution < 1.29 is 0 Å². The molecular formula is C21H45N. The molecule has 1 nitrogen and oxygen atoms in total. The van der Waals surface area contributed by atoms with Gasteiger partial charge < -0.3 is 0 Å². The molecule has 0 aromatic carbocycles. The van der Waals surface area contributed by atoms with Gasteiger partial charge in [0.2, 0.25) is 0 Å². The van der Waals surface area contributed by atoms with E-state index in [0.717, 1.165) is 6.04 Å². The number of hydrogen-bond acceptors (Lipinski definition) is 1. The fourth-order valence-electron chi connectivity index (χ4n) is 3.36. The van der Waals surface area contributed by atoms with Gasteiger partial charge in [-0.3, -0.25) is 4.90 Å². The van der Waals surface area contributed by atoms with Gasteiger partial charge in [-0.25, -0.2) is 0 Å². The third-order valence-electron chi connectivity index (χ3n) is 5.09. The fourth-order valence-corrected chi connectivity index (χ4v) is 3.36. The highest BCUT2D eigenvalue weighted by molar-refractivity contribution is 4.69. The van der Waals surface area contributed by atoms with E-state index in [1.54, 1.807) is 0 Å². The Morgan fingerprint density at radius 3 is 1.36 bits per heavy atom. The highest BCUT2D eigenvalue weighted by Gasteiger charge is 2.14. The van der Waals surface area contributed by atoms with Crippen molar-refractivity contribution in [1.29, 1.82) is 0 Å². The Labute approximate surface area is 142 Å². The van der Waals surface area contributed by atoms with Crippen LogP contribution in [0, 0.1) is 0 Å². The van der Waals surface area contributed by atoms with E-state index in [9.17, 15) is 0 Å². The Kier molecular flexibility index (Phi) is 15.8. The summed E-state index contributed by atoms with van der Waals surface area (Å²) >= 11 is 0. The average Bonchev–Trinajstić information content (AvgIpc) is 2.51. The Balaban J connectivity index is 3.35. The second-order valence-corrected chi connectivity index (χ2v) is 7.48. The van der Waals surface area contributed by atoms with E-state index in [1.165, 1.54) is 90.0 Å². The van der Waals surface area contributed by atoms with Gasteiger partial charge in [-0.05, 0) is 40.2 Å². The maximum Gasteiger partial charge on any atom is 0.00670 e. The fraction of sp³-hybridized carbons (Fsp3) is 1.00. The Morgan fingerprint density at radius 2 is 1.00 bits per heavy atom. The van der Waals surface area contributed by atoms with E-state index < -0.39 is 0 Å². The minimum Gasteiger partial charge on any atom is -0.298 e. The highest BCUT2D eigenvalue weighted by atomic mass is 15.2. The van der Waals surface area contributed by atoms with Crippen molar-refractivity contribution in [2.75, 3.05) is 6.54 Å². The van der Waals surface area contributed by atoms with Crippen molar-refractivity contribution >= 4 is 0 Å². The SMILES string of the molecule is CCCCCCCCCCCCCCN(C(C)C)C(C)CC. The molecular weight excluding hydrogens is 266 g/mol. The van der Waals surface area contributed by atoms with Gasteiger partial charge in [-0.2, -0.15) is 0 Å². The summed E-state index contributed by atoms with van der Waals surface area (Å²) in [5, 5.41) is 0. The second-order valence-electron chi connectivity index (χ2n) is 7.48. The Hall–Kier alpha value is -0.0400. The van der Waals surface area contributed by atoms with E-state index in [1.807, 2.05) is 0 Å². The quantitative estimate of drug-likeness (QED) is 0.272. The summed E-state index contributed by atoms with van der Waals surface area (Å²) in [6.07, 6.45) is 18.6. The van der Waals surface area contributed by atoms with Crippen molar-refractivity contribution in [1.82, 2.24) is 4.90 Å². The maximum atomic E-state index is 2.68. The van der Waals surface area contributed by atoms with E-state index in [2.05, 4.69) is 39.5 Å². The van der Waals surface area contributed by atoms with Crippen LogP contribution in [-0.2, 0) is 0 Å². The van der Waals surface area contributed by atoms with Crippen LogP contribution in [0.4, 0.5) is 0 Å². The number of hydrogen-bond donors (Lipinski definition) is 0. The minimum atomic E-state index is 0.697. The lowest BCUT2D eigenvalue weighted by molar-refractivity contribution is 0.156. The molecule has 1 atom stereocenters. The van der Waals surface area contributed by atoms with Gasteiger partial charge in [0.15, 0.2) is 0 Å². The largest absolute Gasteiger partial charge is 0.298 e. The molecule has 22 heavy (non-hydrogen) atoms. The molecule has 134 valence electrons. The first-order valence-corrected chi connectivity index (χ1v) is 10.4. The van der Waals surface area contributed by atoms with Gasteiger partial charge in [0, 0.05) is 12.1 Å². The van der Waals surface area contributed by atoms with Crippen molar-refractivity contribution in [2.24, 2.45) is 0 Å². The molecule has 0 heterocycles. The third kappa shape index (κ3) is 12.5. The minimum absolute atomic E-state index is 0.697. The molecule has 0 aliphatic rings. The summed E-state index contributed by atoms with van der Waals surface area (Å²) in [6.45, 7) is 13.0. The molecule has 0 aromatic heterocycles. The molecule has 0 aromatic rings. The van der Waals surface area contributed by atoms with E-state index in [0.29, 0.717) is 6.04 Å². The van der Waals surface area contributed by atoms with Gasteiger partial charge in [0.25, 0.3) is 0 Å². The second kappa shape index (κ2) is 15.8. The summed E-state index contributed by atoms with van der Waals surface area (Å²) in [4.78, 5) is 2.68. The summed E-state index contributed by atoms with van der Waals surface area (Å²) in [5.74, 6) is 0.